The van der Waals surface area contributed by atoms with Gasteiger partial charge in [-0.1, -0.05) is 24.9 Å². The number of aliphatic hydroxyl groups is 1. The van der Waals surface area contributed by atoms with E-state index in [1.54, 1.807) is 12.4 Å². The number of anilines is 1. The molecule has 1 aromatic rings. The van der Waals surface area contributed by atoms with E-state index in [1.807, 2.05) is 0 Å². The van der Waals surface area contributed by atoms with Crippen LogP contribution in [0, 0.1) is 5.92 Å². The van der Waals surface area contributed by atoms with Gasteiger partial charge in [-0.25, -0.2) is 9.97 Å². The molecule has 0 saturated carbocycles. The Balaban J connectivity index is 2.10. The lowest BCUT2D eigenvalue weighted by molar-refractivity contribution is 0.0828. The van der Waals surface area contributed by atoms with Crippen molar-refractivity contribution in [2.75, 3.05) is 18.0 Å². The minimum Gasteiger partial charge on any atom is -0.393 e. The molecular weight excluding hydrogens is 238 g/mol. The van der Waals surface area contributed by atoms with E-state index in [1.165, 1.54) is 0 Å². The van der Waals surface area contributed by atoms with Gasteiger partial charge in [0.1, 0.15) is 0 Å². The van der Waals surface area contributed by atoms with Gasteiger partial charge in [-0.05, 0) is 12.8 Å². The summed E-state index contributed by atoms with van der Waals surface area (Å²) in [5.41, 5.74) is 0. The Hall–Kier alpha value is -0.870. The summed E-state index contributed by atoms with van der Waals surface area (Å²) < 4.78 is 0. The summed E-state index contributed by atoms with van der Waals surface area (Å²) in [4.78, 5) is 10.4. The monoisotopic (exact) mass is 255 g/mol. The Morgan fingerprint density at radius 1 is 1.47 bits per heavy atom. The van der Waals surface area contributed by atoms with Crippen LogP contribution in [0.2, 0.25) is 5.15 Å². The highest BCUT2D eigenvalue weighted by Crippen LogP contribution is 2.28. The van der Waals surface area contributed by atoms with E-state index in [2.05, 4.69) is 21.8 Å². The lowest BCUT2D eigenvalue weighted by Crippen LogP contribution is -2.43. The highest BCUT2D eigenvalue weighted by molar-refractivity contribution is 6.31. The topological polar surface area (TPSA) is 49.2 Å². The first-order valence-electron chi connectivity index (χ1n) is 6.12. The summed E-state index contributed by atoms with van der Waals surface area (Å²) in [6.45, 7) is 3.74. The first-order chi connectivity index (χ1) is 8.22. The molecule has 0 aliphatic carbocycles. The van der Waals surface area contributed by atoms with E-state index in [4.69, 9.17) is 11.6 Å². The molecule has 1 fully saturated rings. The number of nitrogens with zero attached hydrogens (tertiary/aromatic N) is 3. The lowest BCUT2D eigenvalue weighted by atomic mass is 9.91. The minimum absolute atomic E-state index is 0.193. The third kappa shape index (κ3) is 2.87. The Labute approximate surface area is 107 Å². The molecule has 2 unspecified atom stereocenters. The number of piperidine rings is 1. The molecule has 4 nitrogen and oxygen atoms in total. The Kier molecular flexibility index (Phi) is 4.18. The zero-order chi connectivity index (χ0) is 12.3. The predicted molar refractivity (Wildman–Crippen MR) is 68.3 cm³/mol. The first kappa shape index (κ1) is 12.6. The molecule has 1 saturated heterocycles. The number of halogens is 1. The number of hydrogen-bond donors (Lipinski definition) is 1. The van der Waals surface area contributed by atoms with Crippen molar-refractivity contribution < 1.29 is 5.11 Å². The van der Waals surface area contributed by atoms with Crippen LogP contribution in [0.1, 0.15) is 26.2 Å². The smallest absolute Gasteiger partial charge is 0.171 e. The Morgan fingerprint density at radius 2 is 2.24 bits per heavy atom. The summed E-state index contributed by atoms with van der Waals surface area (Å²) >= 11 is 6.04. The maximum atomic E-state index is 9.94. The zero-order valence-electron chi connectivity index (χ0n) is 10.0. The normalized spacial score (nSPS) is 25.0. The highest BCUT2D eigenvalue weighted by atomic mass is 35.5. The van der Waals surface area contributed by atoms with E-state index in [0.717, 1.165) is 38.2 Å². The average molecular weight is 256 g/mol. The SMILES string of the molecule is CCCC1CN(c2nccnc2Cl)CCC1O. The van der Waals surface area contributed by atoms with Crippen LogP contribution >= 0.6 is 11.6 Å². The molecule has 0 amide bonds. The molecule has 2 rings (SSSR count). The summed E-state index contributed by atoms with van der Waals surface area (Å²) in [5, 5.41) is 10.4. The van der Waals surface area contributed by atoms with Gasteiger partial charge >= 0.3 is 0 Å². The van der Waals surface area contributed by atoms with Crippen molar-refractivity contribution in [3.8, 4) is 0 Å². The second kappa shape index (κ2) is 5.65. The van der Waals surface area contributed by atoms with Crippen LogP contribution in [0.3, 0.4) is 0 Å². The predicted octanol–water partition coefficient (Wildman–Crippen LogP) is 2.12. The van der Waals surface area contributed by atoms with Gasteiger partial charge in [0.15, 0.2) is 11.0 Å². The number of rotatable bonds is 3. The van der Waals surface area contributed by atoms with Gasteiger partial charge in [0.2, 0.25) is 0 Å². The molecule has 0 radical (unpaired) electrons. The minimum atomic E-state index is -0.193. The van der Waals surface area contributed by atoms with Crippen molar-refractivity contribution in [1.82, 2.24) is 9.97 Å². The zero-order valence-corrected chi connectivity index (χ0v) is 10.8. The maximum Gasteiger partial charge on any atom is 0.171 e. The number of aliphatic hydroxyl groups excluding tert-OH is 1. The highest BCUT2D eigenvalue weighted by Gasteiger charge is 2.28. The number of aromatic nitrogens is 2. The second-order valence-electron chi connectivity index (χ2n) is 4.52. The van der Waals surface area contributed by atoms with Crippen LogP contribution in [0.25, 0.3) is 0 Å². The maximum absolute atomic E-state index is 9.94. The molecular formula is C12H18ClN3O. The van der Waals surface area contributed by atoms with Crippen molar-refractivity contribution >= 4 is 17.4 Å². The van der Waals surface area contributed by atoms with Gasteiger partial charge in [0, 0.05) is 31.4 Å². The van der Waals surface area contributed by atoms with Crippen LogP contribution < -0.4 is 4.90 Å². The van der Waals surface area contributed by atoms with Crippen LogP contribution in [-0.4, -0.2) is 34.3 Å². The molecule has 5 heteroatoms. The van der Waals surface area contributed by atoms with Crippen LogP contribution in [0.4, 0.5) is 5.82 Å². The molecule has 94 valence electrons. The molecule has 1 aliphatic rings. The molecule has 1 aromatic heterocycles. The quantitative estimate of drug-likeness (QED) is 0.899. The first-order valence-corrected chi connectivity index (χ1v) is 6.49. The van der Waals surface area contributed by atoms with E-state index in [0.29, 0.717) is 11.1 Å². The Bertz CT molecular complexity index is 375. The fourth-order valence-electron chi connectivity index (χ4n) is 2.39. The molecule has 0 aromatic carbocycles. The van der Waals surface area contributed by atoms with E-state index < -0.39 is 0 Å². The van der Waals surface area contributed by atoms with Crippen molar-refractivity contribution in [1.29, 1.82) is 0 Å². The molecule has 2 heterocycles. The van der Waals surface area contributed by atoms with Gasteiger partial charge in [-0.2, -0.15) is 0 Å². The standard InChI is InChI=1S/C12H18ClN3O/c1-2-3-9-8-16(7-4-10(9)17)12-11(13)14-5-6-15-12/h5-6,9-10,17H,2-4,7-8H2,1H3. The molecule has 0 spiro atoms. The largest absolute Gasteiger partial charge is 0.393 e. The van der Waals surface area contributed by atoms with Gasteiger partial charge in [0.05, 0.1) is 6.10 Å². The van der Waals surface area contributed by atoms with Gasteiger partial charge in [-0.15, -0.1) is 0 Å². The summed E-state index contributed by atoms with van der Waals surface area (Å²) in [6.07, 6.45) is 5.95. The molecule has 2 atom stereocenters. The fourth-order valence-corrected chi connectivity index (χ4v) is 2.62. The molecule has 1 aliphatic heterocycles. The van der Waals surface area contributed by atoms with E-state index in [-0.39, 0.29) is 6.10 Å². The molecule has 1 N–H and O–H groups in total. The van der Waals surface area contributed by atoms with Crippen molar-refractivity contribution in [2.45, 2.75) is 32.3 Å². The van der Waals surface area contributed by atoms with Gasteiger partial charge in [-0.3, -0.25) is 0 Å². The van der Waals surface area contributed by atoms with Crippen LogP contribution in [0.15, 0.2) is 12.4 Å². The average Bonchev–Trinajstić information content (AvgIpc) is 2.33. The fraction of sp³-hybridized carbons (Fsp3) is 0.667. The summed E-state index contributed by atoms with van der Waals surface area (Å²) in [5.74, 6) is 1.05. The van der Waals surface area contributed by atoms with Gasteiger partial charge in [0.25, 0.3) is 0 Å². The van der Waals surface area contributed by atoms with Crippen molar-refractivity contribution in [3.05, 3.63) is 17.5 Å². The van der Waals surface area contributed by atoms with Crippen LogP contribution in [-0.2, 0) is 0 Å². The van der Waals surface area contributed by atoms with E-state index >= 15 is 0 Å². The third-order valence-electron chi connectivity index (χ3n) is 3.29. The lowest BCUT2D eigenvalue weighted by Gasteiger charge is -2.36. The summed E-state index contributed by atoms with van der Waals surface area (Å²) in [6, 6.07) is 0. The second-order valence-corrected chi connectivity index (χ2v) is 4.88. The Morgan fingerprint density at radius 3 is 2.94 bits per heavy atom. The molecule has 0 bridgehead atoms. The number of hydrogen-bond acceptors (Lipinski definition) is 4. The van der Waals surface area contributed by atoms with Crippen LogP contribution in [0.5, 0.6) is 0 Å². The van der Waals surface area contributed by atoms with Crippen molar-refractivity contribution in [2.24, 2.45) is 5.92 Å². The third-order valence-corrected chi connectivity index (χ3v) is 3.56. The molecule has 17 heavy (non-hydrogen) atoms. The van der Waals surface area contributed by atoms with E-state index in [9.17, 15) is 5.11 Å². The van der Waals surface area contributed by atoms with Gasteiger partial charge < -0.3 is 10.0 Å². The van der Waals surface area contributed by atoms with Crippen molar-refractivity contribution in [3.63, 3.8) is 0 Å². The summed E-state index contributed by atoms with van der Waals surface area (Å²) in [7, 11) is 0.